The monoisotopic (exact) mass is 302 g/mol. The van der Waals surface area contributed by atoms with Gasteiger partial charge >= 0.3 is 0 Å². The van der Waals surface area contributed by atoms with E-state index in [9.17, 15) is 4.79 Å². The lowest BCUT2D eigenvalue weighted by atomic mass is 9.95. The average Bonchev–Trinajstić information content (AvgIpc) is 3.12. The van der Waals surface area contributed by atoms with E-state index >= 15 is 0 Å². The first kappa shape index (κ1) is 12.9. The third-order valence-electron chi connectivity index (χ3n) is 4.54. The summed E-state index contributed by atoms with van der Waals surface area (Å²) in [5.74, 6) is 0.564. The average molecular weight is 302 g/mol. The lowest BCUT2D eigenvalue weighted by molar-refractivity contribution is 0.0632. The van der Waals surface area contributed by atoms with E-state index in [1.807, 2.05) is 11.8 Å². The maximum absolute atomic E-state index is 12.9. The number of thiophene rings is 1. The molecule has 6 heteroatoms. The lowest BCUT2D eigenvalue weighted by Crippen LogP contribution is -2.41. The molecule has 4 rings (SSSR count). The molecule has 3 N–H and O–H groups in total. The Morgan fingerprint density at radius 1 is 1.52 bits per heavy atom. The summed E-state index contributed by atoms with van der Waals surface area (Å²) in [5, 5.41) is 9.06. The van der Waals surface area contributed by atoms with Crippen molar-refractivity contribution in [1.82, 2.24) is 15.1 Å². The molecule has 0 radical (unpaired) electrons. The van der Waals surface area contributed by atoms with Gasteiger partial charge in [0, 0.05) is 11.4 Å². The van der Waals surface area contributed by atoms with Crippen molar-refractivity contribution in [3.8, 4) is 0 Å². The minimum Gasteiger partial charge on any atom is -0.395 e. The summed E-state index contributed by atoms with van der Waals surface area (Å²) in [4.78, 5) is 16.3. The van der Waals surface area contributed by atoms with Gasteiger partial charge < -0.3 is 10.6 Å². The zero-order chi connectivity index (χ0) is 14.6. The molecule has 0 saturated heterocycles. The highest BCUT2D eigenvalue weighted by Gasteiger charge is 2.42. The van der Waals surface area contributed by atoms with Crippen LogP contribution < -0.4 is 5.73 Å². The number of nitrogens with one attached hydrogen (secondary N) is 1. The smallest absolute Gasteiger partial charge is 0.277 e. The van der Waals surface area contributed by atoms with Crippen LogP contribution in [-0.2, 0) is 6.42 Å². The predicted octanol–water partition coefficient (Wildman–Crippen LogP) is 2.51. The number of fused-ring (bicyclic) bond motifs is 1. The maximum Gasteiger partial charge on any atom is 0.277 e. The molecule has 1 saturated carbocycles. The van der Waals surface area contributed by atoms with Crippen LogP contribution in [0.2, 0.25) is 0 Å². The highest BCUT2D eigenvalue weighted by molar-refractivity contribution is 7.10. The van der Waals surface area contributed by atoms with Crippen LogP contribution in [0.5, 0.6) is 0 Å². The number of anilines is 1. The normalized spacial score (nSPS) is 21.4. The third kappa shape index (κ3) is 1.97. The number of nitrogens with zero attached hydrogens (tertiary/aromatic N) is 2. The van der Waals surface area contributed by atoms with Crippen LogP contribution >= 0.6 is 11.3 Å². The van der Waals surface area contributed by atoms with Gasteiger partial charge in [0.15, 0.2) is 5.69 Å². The van der Waals surface area contributed by atoms with E-state index in [0.29, 0.717) is 17.3 Å². The van der Waals surface area contributed by atoms with E-state index in [1.165, 1.54) is 23.3 Å². The van der Waals surface area contributed by atoms with Gasteiger partial charge in [-0.25, -0.2) is 0 Å². The summed E-state index contributed by atoms with van der Waals surface area (Å²) >= 11 is 1.81. The van der Waals surface area contributed by atoms with Crippen molar-refractivity contribution in [2.24, 2.45) is 5.92 Å². The second-order valence-corrected chi connectivity index (χ2v) is 6.94. The van der Waals surface area contributed by atoms with E-state index < -0.39 is 0 Å². The van der Waals surface area contributed by atoms with Crippen molar-refractivity contribution in [2.75, 3.05) is 12.3 Å². The SMILES string of the molecule is Cc1[nH]nc(C(=O)N2CCc3sccc3C2C2CC2)c1N. The van der Waals surface area contributed by atoms with Gasteiger partial charge in [-0.1, -0.05) is 0 Å². The van der Waals surface area contributed by atoms with Gasteiger partial charge in [0.2, 0.25) is 0 Å². The summed E-state index contributed by atoms with van der Waals surface area (Å²) < 4.78 is 0. The summed E-state index contributed by atoms with van der Waals surface area (Å²) in [6.45, 7) is 2.60. The molecule has 2 aromatic rings. The Labute approximate surface area is 127 Å². The molecule has 2 aromatic heterocycles. The Morgan fingerprint density at radius 2 is 2.33 bits per heavy atom. The van der Waals surface area contributed by atoms with Gasteiger partial charge in [0.05, 0.1) is 17.4 Å². The van der Waals surface area contributed by atoms with Crippen molar-refractivity contribution < 1.29 is 4.79 Å². The minimum absolute atomic E-state index is 0.0365. The first-order chi connectivity index (χ1) is 10.2. The van der Waals surface area contributed by atoms with Gasteiger partial charge in [-0.2, -0.15) is 5.10 Å². The molecule has 0 aromatic carbocycles. The van der Waals surface area contributed by atoms with Gasteiger partial charge in [-0.3, -0.25) is 9.89 Å². The number of H-pyrrole nitrogens is 1. The van der Waals surface area contributed by atoms with Gasteiger partial charge in [0.1, 0.15) is 0 Å². The minimum atomic E-state index is -0.0365. The number of hydrogen-bond acceptors (Lipinski definition) is 4. The molecule has 21 heavy (non-hydrogen) atoms. The van der Waals surface area contributed by atoms with Crippen LogP contribution in [0.3, 0.4) is 0 Å². The summed E-state index contributed by atoms with van der Waals surface area (Å²) in [6, 6.07) is 2.39. The molecule has 1 unspecified atom stereocenters. The van der Waals surface area contributed by atoms with Crippen LogP contribution in [0.4, 0.5) is 5.69 Å². The Balaban J connectivity index is 1.71. The first-order valence-corrected chi connectivity index (χ1v) is 8.22. The molecule has 1 atom stereocenters. The van der Waals surface area contributed by atoms with Crippen molar-refractivity contribution >= 4 is 22.9 Å². The zero-order valence-electron chi connectivity index (χ0n) is 11.9. The van der Waals surface area contributed by atoms with Crippen LogP contribution in [0.25, 0.3) is 0 Å². The van der Waals surface area contributed by atoms with Crippen molar-refractivity contribution in [1.29, 1.82) is 0 Å². The topological polar surface area (TPSA) is 75.0 Å². The predicted molar refractivity (Wildman–Crippen MR) is 82.3 cm³/mol. The highest BCUT2D eigenvalue weighted by atomic mass is 32.1. The molecule has 1 aliphatic heterocycles. The van der Waals surface area contributed by atoms with Crippen molar-refractivity contribution in [3.63, 3.8) is 0 Å². The highest BCUT2D eigenvalue weighted by Crippen LogP contribution is 2.48. The number of carbonyl (C=O) groups is 1. The van der Waals surface area contributed by atoms with Crippen LogP contribution in [-0.4, -0.2) is 27.5 Å². The number of aryl methyl sites for hydroxylation is 1. The van der Waals surface area contributed by atoms with E-state index in [-0.39, 0.29) is 11.9 Å². The van der Waals surface area contributed by atoms with E-state index in [2.05, 4.69) is 21.6 Å². The molecule has 110 valence electrons. The Kier molecular flexibility index (Phi) is 2.82. The quantitative estimate of drug-likeness (QED) is 0.895. The Morgan fingerprint density at radius 3 is 3.00 bits per heavy atom. The third-order valence-corrected chi connectivity index (χ3v) is 5.54. The number of aromatic nitrogens is 2. The zero-order valence-corrected chi connectivity index (χ0v) is 12.7. The lowest BCUT2D eigenvalue weighted by Gasteiger charge is -2.36. The summed E-state index contributed by atoms with van der Waals surface area (Å²) in [5.41, 5.74) is 8.93. The first-order valence-electron chi connectivity index (χ1n) is 7.34. The van der Waals surface area contributed by atoms with Gasteiger partial charge in [-0.15, -0.1) is 11.3 Å². The molecule has 1 amide bonds. The second-order valence-electron chi connectivity index (χ2n) is 5.94. The number of nitrogen functional groups attached to an aromatic ring is 1. The fourth-order valence-corrected chi connectivity index (χ4v) is 4.14. The molecule has 1 fully saturated rings. The fraction of sp³-hybridized carbons (Fsp3) is 0.467. The molecule has 0 bridgehead atoms. The molecule has 5 nitrogen and oxygen atoms in total. The van der Waals surface area contributed by atoms with Crippen LogP contribution in [0, 0.1) is 12.8 Å². The van der Waals surface area contributed by atoms with E-state index in [1.54, 1.807) is 11.3 Å². The number of carbonyl (C=O) groups excluding carboxylic acids is 1. The van der Waals surface area contributed by atoms with Gasteiger partial charge in [0.25, 0.3) is 5.91 Å². The fourth-order valence-electron chi connectivity index (χ4n) is 3.23. The van der Waals surface area contributed by atoms with Crippen LogP contribution in [0.1, 0.15) is 45.5 Å². The maximum atomic E-state index is 12.9. The number of hydrogen-bond donors (Lipinski definition) is 2. The second kappa shape index (κ2) is 4.59. The standard InChI is InChI=1S/C15H18N4OS/c1-8-12(16)13(18-17-8)15(20)19-6-4-11-10(5-7-21-11)14(19)9-2-3-9/h5,7,9,14H,2-4,6,16H2,1H3,(H,17,18). The molecular weight excluding hydrogens is 284 g/mol. The van der Waals surface area contributed by atoms with E-state index in [4.69, 9.17) is 5.73 Å². The number of amides is 1. The molecular formula is C15H18N4OS. The molecule has 3 heterocycles. The molecule has 1 aliphatic carbocycles. The Hall–Kier alpha value is -1.82. The van der Waals surface area contributed by atoms with Crippen molar-refractivity contribution in [2.45, 2.75) is 32.2 Å². The number of aromatic amines is 1. The van der Waals surface area contributed by atoms with Crippen molar-refractivity contribution in [3.05, 3.63) is 33.3 Å². The largest absolute Gasteiger partial charge is 0.395 e. The molecule has 0 spiro atoms. The van der Waals surface area contributed by atoms with E-state index in [0.717, 1.165) is 18.7 Å². The number of nitrogens with two attached hydrogens (primary N) is 1. The van der Waals surface area contributed by atoms with Crippen LogP contribution in [0.15, 0.2) is 11.4 Å². The summed E-state index contributed by atoms with van der Waals surface area (Å²) in [6.07, 6.45) is 3.35. The molecule has 2 aliphatic rings. The summed E-state index contributed by atoms with van der Waals surface area (Å²) in [7, 11) is 0. The Bertz CT molecular complexity index is 700. The number of rotatable bonds is 2. The van der Waals surface area contributed by atoms with Gasteiger partial charge in [-0.05, 0) is 49.1 Å².